The second kappa shape index (κ2) is 6.50. The fourth-order valence-corrected chi connectivity index (χ4v) is 2.35. The first kappa shape index (κ1) is 13.8. The third-order valence-electron chi connectivity index (χ3n) is 3.70. The van der Waals surface area contributed by atoms with Crippen LogP contribution in [-0.4, -0.2) is 53.1 Å². The Labute approximate surface area is 113 Å². The highest BCUT2D eigenvalue weighted by Crippen LogP contribution is 2.05. The maximum atomic E-state index is 11.6. The molecule has 1 fully saturated rings. The zero-order chi connectivity index (χ0) is 13.7. The zero-order valence-electron chi connectivity index (χ0n) is 11.3. The Balaban J connectivity index is 1.79. The SMILES string of the molecule is CC(C#N)N1CCN(CCn2ccccc2=O)CC1. The lowest BCUT2D eigenvalue weighted by molar-refractivity contribution is 0.116. The monoisotopic (exact) mass is 260 g/mol. The molecule has 1 aromatic rings. The molecule has 1 atom stereocenters. The van der Waals surface area contributed by atoms with Crippen LogP contribution in [0.1, 0.15) is 6.92 Å². The van der Waals surface area contributed by atoms with E-state index in [4.69, 9.17) is 5.26 Å². The van der Waals surface area contributed by atoms with Gasteiger partial charge in [0.2, 0.25) is 0 Å². The largest absolute Gasteiger partial charge is 0.314 e. The molecule has 1 saturated heterocycles. The minimum absolute atomic E-state index is 0.00103. The average molecular weight is 260 g/mol. The molecule has 0 aromatic carbocycles. The molecule has 2 heterocycles. The molecule has 2 rings (SSSR count). The molecule has 0 N–H and O–H groups in total. The minimum atomic E-state index is -0.00103. The Morgan fingerprint density at radius 3 is 2.63 bits per heavy atom. The number of pyridine rings is 1. The lowest BCUT2D eigenvalue weighted by Gasteiger charge is -2.35. The summed E-state index contributed by atoms with van der Waals surface area (Å²) in [6.07, 6.45) is 1.83. The molecule has 5 nitrogen and oxygen atoms in total. The van der Waals surface area contributed by atoms with Crippen molar-refractivity contribution in [2.75, 3.05) is 32.7 Å². The molecular weight excluding hydrogens is 240 g/mol. The van der Waals surface area contributed by atoms with Crippen LogP contribution in [0.15, 0.2) is 29.2 Å². The van der Waals surface area contributed by atoms with Crippen molar-refractivity contribution in [1.82, 2.24) is 14.4 Å². The van der Waals surface area contributed by atoms with Gasteiger partial charge in [-0.15, -0.1) is 0 Å². The van der Waals surface area contributed by atoms with Crippen molar-refractivity contribution in [3.63, 3.8) is 0 Å². The summed E-state index contributed by atoms with van der Waals surface area (Å²) in [6, 6.07) is 7.51. The lowest BCUT2D eigenvalue weighted by atomic mass is 10.2. The number of hydrogen-bond acceptors (Lipinski definition) is 4. The van der Waals surface area contributed by atoms with Crippen LogP contribution < -0.4 is 5.56 Å². The molecule has 1 aliphatic heterocycles. The number of hydrogen-bond donors (Lipinski definition) is 0. The van der Waals surface area contributed by atoms with Gasteiger partial charge in [-0.05, 0) is 13.0 Å². The van der Waals surface area contributed by atoms with E-state index in [9.17, 15) is 4.79 Å². The van der Waals surface area contributed by atoms with E-state index in [1.54, 1.807) is 16.7 Å². The van der Waals surface area contributed by atoms with Gasteiger partial charge in [-0.1, -0.05) is 6.07 Å². The third-order valence-corrected chi connectivity index (χ3v) is 3.70. The number of rotatable bonds is 4. The van der Waals surface area contributed by atoms with Crippen LogP contribution in [0.5, 0.6) is 0 Å². The first-order valence-corrected chi connectivity index (χ1v) is 6.72. The van der Waals surface area contributed by atoms with Gasteiger partial charge >= 0.3 is 0 Å². The van der Waals surface area contributed by atoms with E-state index in [0.717, 1.165) is 39.3 Å². The molecule has 19 heavy (non-hydrogen) atoms. The summed E-state index contributed by atoms with van der Waals surface area (Å²) in [7, 11) is 0. The Kier molecular flexibility index (Phi) is 4.72. The van der Waals surface area contributed by atoms with Gasteiger partial charge in [-0.3, -0.25) is 14.6 Å². The van der Waals surface area contributed by atoms with Crippen molar-refractivity contribution in [2.24, 2.45) is 0 Å². The summed E-state index contributed by atoms with van der Waals surface area (Å²) in [5, 5.41) is 8.89. The highest BCUT2D eigenvalue weighted by Gasteiger charge is 2.20. The topological polar surface area (TPSA) is 52.3 Å². The van der Waals surface area contributed by atoms with Crippen molar-refractivity contribution in [3.8, 4) is 6.07 Å². The molecule has 0 spiro atoms. The van der Waals surface area contributed by atoms with Gasteiger partial charge in [-0.2, -0.15) is 5.26 Å². The molecule has 0 saturated carbocycles. The van der Waals surface area contributed by atoms with Gasteiger partial charge in [0.25, 0.3) is 5.56 Å². The van der Waals surface area contributed by atoms with Crippen molar-refractivity contribution in [3.05, 3.63) is 34.7 Å². The quantitative estimate of drug-likeness (QED) is 0.785. The number of piperazine rings is 1. The molecule has 102 valence electrons. The Hall–Kier alpha value is -1.64. The number of nitriles is 1. The fraction of sp³-hybridized carbons (Fsp3) is 0.571. The van der Waals surface area contributed by atoms with Gasteiger partial charge in [-0.25, -0.2) is 0 Å². The molecule has 0 bridgehead atoms. The second-order valence-electron chi connectivity index (χ2n) is 4.91. The van der Waals surface area contributed by atoms with E-state index >= 15 is 0 Å². The maximum absolute atomic E-state index is 11.6. The standard InChI is InChI=1S/C14H20N4O/c1-13(12-15)17-9-6-16(7-10-17)8-11-18-5-3-2-4-14(18)19/h2-5,13H,6-11H2,1H3. The van der Waals surface area contributed by atoms with E-state index in [1.165, 1.54) is 0 Å². The van der Waals surface area contributed by atoms with Gasteiger partial charge in [0.15, 0.2) is 0 Å². The van der Waals surface area contributed by atoms with Crippen LogP contribution in [0.4, 0.5) is 0 Å². The first-order valence-electron chi connectivity index (χ1n) is 6.72. The van der Waals surface area contributed by atoms with Crippen LogP contribution in [0.25, 0.3) is 0 Å². The molecule has 0 radical (unpaired) electrons. The van der Waals surface area contributed by atoms with E-state index < -0.39 is 0 Å². The summed E-state index contributed by atoms with van der Waals surface area (Å²) in [4.78, 5) is 16.1. The molecule has 1 aliphatic rings. The van der Waals surface area contributed by atoms with Crippen LogP contribution >= 0.6 is 0 Å². The van der Waals surface area contributed by atoms with Gasteiger partial charge in [0.05, 0.1) is 12.1 Å². The molecule has 5 heteroatoms. The smallest absolute Gasteiger partial charge is 0.250 e. The third kappa shape index (κ3) is 3.66. The van der Waals surface area contributed by atoms with Crippen LogP contribution in [0.3, 0.4) is 0 Å². The normalized spacial score (nSPS) is 18.9. The van der Waals surface area contributed by atoms with Gasteiger partial charge < -0.3 is 4.57 Å². The lowest BCUT2D eigenvalue weighted by Crippen LogP contribution is -2.50. The minimum Gasteiger partial charge on any atom is -0.314 e. The summed E-state index contributed by atoms with van der Waals surface area (Å²) in [6.45, 7) is 7.35. The van der Waals surface area contributed by atoms with E-state index in [0.29, 0.717) is 0 Å². The second-order valence-corrected chi connectivity index (χ2v) is 4.91. The zero-order valence-corrected chi connectivity index (χ0v) is 11.3. The van der Waals surface area contributed by atoms with E-state index in [1.807, 2.05) is 19.2 Å². The first-order chi connectivity index (χ1) is 9.20. The predicted octanol–water partition coefficient (Wildman–Crippen LogP) is 0.378. The Bertz CT molecular complexity index is 497. The summed E-state index contributed by atoms with van der Waals surface area (Å²) in [5.41, 5.74) is 0.0549. The van der Waals surface area contributed by atoms with Crippen molar-refractivity contribution >= 4 is 0 Å². The molecule has 1 aromatic heterocycles. The average Bonchev–Trinajstić information content (AvgIpc) is 2.46. The van der Waals surface area contributed by atoms with Crippen molar-refractivity contribution in [2.45, 2.75) is 19.5 Å². The van der Waals surface area contributed by atoms with Crippen molar-refractivity contribution < 1.29 is 0 Å². The molecular formula is C14H20N4O. The Morgan fingerprint density at radius 2 is 2.00 bits per heavy atom. The highest BCUT2D eigenvalue weighted by molar-refractivity contribution is 4.93. The Morgan fingerprint density at radius 1 is 1.26 bits per heavy atom. The number of nitrogens with zero attached hydrogens (tertiary/aromatic N) is 4. The molecule has 0 amide bonds. The van der Waals surface area contributed by atoms with Crippen LogP contribution in [-0.2, 0) is 6.54 Å². The van der Waals surface area contributed by atoms with Crippen molar-refractivity contribution in [1.29, 1.82) is 5.26 Å². The van der Waals surface area contributed by atoms with Gasteiger partial charge in [0, 0.05) is 51.5 Å². The molecule has 0 aliphatic carbocycles. The summed E-state index contributed by atoms with van der Waals surface area (Å²) in [5.74, 6) is 0. The van der Waals surface area contributed by atoms with E-state index in [2.05, 4.69) is 15.9 Å². The predicted molar refractivity (Wildman–Crippen MR) is 73.8 cm³/mol. The highest BCUT2D eigenvalue weighted by atomic mass is 16.1. The molecule has 1 unspecified atom stereocenters. The van der Waals surface area contributed by atoms with Crippen LogP contribution in [0.2, 0.25) is 0 Å². The van der Waals surface area contributed by atoms with E-state index in [-0.39, 0.29) is 11.6 Å². The van der Waals surface area contributed by atoms with Crippen LogP contribution in [0, 0.1) is 11.3 Å². The number of aromatic nitrogens is 1. The summed E-state index contributed by atoms with van der Waals surface area (Å²) < 4.78 is 1.74. The summed E-state index contributed by atoms with van der Waals surface area (Å²) >= 11 is 0. The maximum Gasteiger partial charge on any atom is 0.250 e. The fourth-order valence-electron chi connectivity index (χ4n) is 2.35. The van der Waals surface area contributed by atoms with Gasteiger partial charge in [0.1, 0.15) is 0 Å².